The van der Waals surface area contributed by atoms with Crippen molar-refractivity contribution in [2.45, 2.75) is 25.9 Å². The van der Waals surface area contributed by atoms with E-state index in [0.29, 0.717) is 12.0 Å². The second-order valence-corrected chi connectivity index (χ2v) is 5.39. The summed E-state index contributed by atoms with van der Waals surface area (Å²) in [5.41, 5.74) is 0.585. The summed E-state index contributed by atoms with van der Waals surface area (Å²) in [6.07, 6.45) is 0.293. The molecule has 0 aliphatic carbocycles. The molecule has 0 saturated carbocycles. The van der Waals surface area contributed by atoms with Crippen molar-refractivity contribution in [1.82, 2.24) is 0 Å². The molecule has 0 aliphatic rings. The average molecular weight is 250 g/mol. The Morgan fingerprint density at radius 2 is 2.00 bits per heavy atom. The molecule has 1 nitrogen and oxygen atoms in total. The van der Waals surface area contributed by atoms with Crippen molar-refractivity contribution in [3.8, 4) is 0 Å². The molecule has 2 aromatic rings. The minimum Gasteiger partial charge on any atom is -0.384 e. The Bertz CT molecular complexity index is 516. The van der Waals surface area contributed by atoms with Gasteiger partial charge in [0.1, 0.15) is 11.4 Å². The van der Waals surface area contributed by atoms with E-state index in [1.165, 1.54) is 17.4 Å². The zero-order valence-corrected chi connectivity index (χ0v) is 10.7. The Balaban J connectivity index is 2.30. The van der Waals surface area contributed by atoms with Crippen LogP contribution in [0.25, 0.3) is 0 Å². The molecular weight excluding hydrogens is 235 g/mol. The lowest BCUT2D eigenvalue weighted by molar-refractivity contribution is 0.0600. The molecule has 2 rings (SSSR count). The Labute approximate surface area is 105 Å². The van der Waals surface area contributed by atoms with Crippen LogP contribution in [0.3, 0.4) is 0 Å². The SMILES string of the molecule is Cc1ccsc1C(C)(O)Cc1ccccc1F. The van der Waals surface area contributed by atoms with Gasteiger partial charge >= 0.3 is 0 Å². The van der Waals surface area contributed by atoms with Crippen molar-refractivity contribution < 1.29 is 9.50 Å². The first kappa shape index (κ1) is 12.3. The van der Waals surface area contributed by atoms with Crippen LogP contribution in [0.15, 0.2) is 35.7 Å². The number of aliphatic hydroxyl groups is 1. The zero-order chi connectivity index (χ0) is 12.5. The topological polar surface area (TPSA) is 20.2 Å². The Morgan fingerprint density at radius 1 is 1.29 bits per heavy atom. The lowest BCUT2D eigenvalue weighted by Crippen LogP contribution is -2.24. The quantitative estimate of drug-likeness (QED) is 0.881. The summed E-state index contributed by atoms with van der Waals surface area (Å²) < 4.78 is 13.6. The predicted octanol–water partition coefficient (Wildman–Crippen LogP) is 3.65. The fraction of sp³-hybridized carbons (Fsp3) is 0.286. The van der Waals surface area contributed by atoms with Crippen LogP contribution >= 0.6 is 11.3 Å². The van der Waals surface area contributed by atoms with E-state index in [1.807, 2.05) is 18.4 Å². The van der Waals surface area contributed by atoms with E-state index in [1.54, 1.807) is 25.1 Å². The van der Waals surface area contributed by atoms with Crippen LogP contribution in [-0.2, 0) is 12.0 Å². The number of rotatable bonds is 3. The third kappa shape index (κ3) is 2.56. The molecule has 90 valence electrons. The van der Waals surface area contributed by atoms with Crippen LogP contribution in [0.2, 0.25) is 0 Å². The van der Waals surface area contributed by atoms with E-state index in [0.717, 1.165) is 10.4 Å². The molecule has 1 aromatic carbocycles. The van der Waals surface area contributed by atoms with Crippen molar-refractivity contribution in [1.29, 1.82) is 0 Å². The van der Waals surface area contributed by atoms with Gasteiger partial charge in [-0.05, 0) is 42.5 Å². The Hall–Kier alpha value is -1.19. The molecule has 0 fully saturated rings. The van der Waals surface area contributed by atoms with Crippen molar-refractivity contribution in [3.63, 3.8) is 0 Å². The van der Waals surface area contributed by atoms with E-state index < -0.39 is 5.60 Å². The maximum Gasteiger partial charge on any atom is 0.126 e. The fourth-order valence-corrected chi connectivity index (χ4v) is 3.01. The number of benzene rings is 1. The smallest absolute Gasteiger partial charge is 0.126 e. The van der Waals surface area contributed by atoms with Crippen molar-refractivity contribution in [3.05, 3.63) is 57.5 Å². The van der Waals surface area contributed by atoms with Crippen LogP contribution in [0.5, 0.6) is 0 Å². The standard InChI is InChI=1S/C14H15FOS/c1-10-7-8-17-13(10)14(2,16)9-11-5-3-4-6-12(11)15/h3-8,16H,9H2,1-2H3. The van der Waals surface area contributed by atoms with Crippen LogP contribution in [0.1, 0.15) is 22.9 Å². The highest BCUT2D eigenvalue weighted by Crippen LogP contribution is 2.32. The molecule has 0 radical (unpaired) electrons. The molecule has 0 amide bonds. The van der Waals surface area contributed by atoms with Crippen LogP contribution in [0, 0.1) is 12.7 Å². The van der Waals surface area contributed by atoms with Gasteiger partial charge in [-0.3, -0.25) is 0 Å². The summed E-state index contributed by atoms with van der Waals surface area (Å²) in [7, 11) is 0. The van der Waals surface area contributed by atoms with Crippen molar-refractivity contribution in [2.24, 2.45) is 0 Å². The van der Waals surface area contributed by atoms with Gasteiger partial charge in [-0.15, -0.1) is 11.3 Å². The van der Waals surface area contributed by atoms with Crippen LogP contribution < -0.4 is 0 Å². The zero-order valence-electron chi connectivity index (χ0n) is 9.90. The summed E-state index contributed by atoms with van der Waals surface area (Å²) >= 11 is 1.51. The largest absolute Gasteiger partial charge is 0.384 e. The van der Waals surface area contributed by atoms with E-state index in [9.17, 15) is 9.50 Å². The summed E-state index contributed by atoms with van der Waals surface area (Å²) in [6, 6.07) is 8.55. The first-order chi connectivity index (χ1) is 8.00. The molecule has 0 spiro atoms. The Kier molecular flexibility index (Phi) is 3.31. The van der Waals surface area contributed by atoms with Gasteiger partial charge in [-0.25, -0.2) is 4.39 Å². The highest BCUT2D eigenvalue weighted by Gasteiger charge is 2.27. The van der Waals surface area contributed by atoms with E-state index in [4.69, 9.17) is 0 Å². The summed E-state index contributed by atoms with van der Waals surface area (Å²) in [5, 5.41) is 12.4. The number of aryl methyl sites for hydroxylation is 1. The summed E-state index contributed by atoms with van der Waals surface area (Å²) in [5.74, 6) is -0.262. The molecule has 1 aromatic heterocycles. The van der Waals surface area contributed by atoms with Gasteiger partial charge in [0, 0.05) is 11.3 Å². The van der Waals surface area contributed by atoms with Gasteiger partial charge < -0.3 is 5.11 Å². The maximum atomic E-state index is 13.6. The number of thiophene rings is 1. The van der Waals surface area contributed by atoms with Gasteiger partial charge in [0.15, 0.2) is 0 Å². The summed E-state index contributed by atoms with van der Waals surface area (Å²) in [6.45, 7) is 3.69. The molecule has 3 heteroatoms. The molecule has 1 atom stereocenters. The number of hydrogen-bond donors (Lipinski definition) is 1. The van der Waals surface area contributed by atoms with Gasteiger partial charge in [-0.1, -0.05) is 18.2 Å². The predicted molar refractivity (Wildman–Crippen MR) is 68.7 cm³/mol. The lowest BCUT2D eigenvalue weighted by Gasteiger charge is -2.23. The molecule has 1 unspecified atom stereocenters. The average Bonchev–Trinajstić information content (AvgIpc) is 2.68. The number of hydrogen-bond acceptors (Lipinski definition) is 2. The highest BCUT2D eigenvalue weighted by molar-refractivity contribution is 7.10. The normalized spacial score (nSPS) is 14.6. The van der Waals surface area contributed by atoms with E-state index in [-0.39, 0.29) is 5.82 Å². The maximum absolute atomic E-state index is 13.6. The van der Waals surface area contributed by atoms with Gasteiger partial charge in [0.05, 0.1) is 0 Å². The first-order valence-electron chi connectivity index (χ1n) is 5.51. The monoisotopic (exact) mass is 250 g/mol. The highest BCUT2D eigenvalue weighted by atomic mass is 32.1. The molecule has 0 aliphatic heterocycles. The van der Waals surface area contributed by atoms with E-state index >= 15 is 0 Å². The van der Waals surface area contributed by atoms with Crippen molar-refractivity contribution in [2.75, 3.05) is 0 Å². The molecule has 1 N–H and O–H groups in total. The molecule has 0 bridgehead atoms. The lowest BCUT2D eigenvalue weighted by atomic mass is 9.93. The Morgan fingerprint density at radius 3 is 2.59 bits per heavy atom. The van der Waals surface area contributed by atoms with E-state index in [2.05, 4.69) is 0 Å². The third-order valence-corrected chi connectivity index (χ3v) is 4.11. The number of halogens is 1. The molecular formula is C14H15FOS. The van der Waals surface area contributed by atoms with Crippen molar-refractivity contribution >= 4 is 11.3 Å². The summed E-state index contributed by atoms with van der Waals surface area (Å²) in [4.78, 5) is 0.903. The fourth-order valence-electron chi connectivity index (χ4n) is 2.02. The first-order valence-corrected chi connectivity index (χ1v) is 6.39. The van der Waals surface area contributed by atoms with Crippen LogP contribution in [0.4, 0.5) is 4.39 Å². The minimum absolute atomic E-state index is 0.262. The molecule has 17 heavy (non-hydrogen) atoms. The van der Waals surface area contributed by atoms with Gasteiger partial charge in [0.2, 0.25) is 0 Å². The van der Waals surface area contributed by atoms with Crippen LogP contribution in [-0.4, -0.2) is 5.11 Å². The van der Waals surface area contributed by atoms with Gasteiger partial charge in [0.25, 0.3) is 0 Å². The molecule has 1 heterocycles. The minimum atomic E-state index is -1.01. The second kappa shape index (κ2) is 4.59. The third-order valence-electron chi connectivity index (χ3n) is 2.84. The molecule has 0 saturated heterocycles. The van der Waals surface area contributed by atoms with Gasteiger partial charge in [-0.2, -0.15) is 0 Å². The second-order valence-electron chi connectivity index (χ2n) is 4.47.